The van der Waals surface area contributed by atoms with E-state index in [1.54, 1.807) is 4.90 Å². The van der Waals surface area contributed by atoms with Gasteiger partial charge in [-0.1, -0.05) is 0 Å². The molecular formula is C21H27F3N2O4. The van der Waals surface area contributed by atoms with Crippen molar-refractivity contribution in [1.29, 1.82) is 0 Å². The summed E-state index contributed by atoms with van der Waals surface area (Å²) in [5.41, 5.74) is -0.586. The van der Waals surface area contributed by atoms with Crippen molar-refractivity contribution >= 4 is 11.9 Å². The molecule has 6 nitrogen and oxygen atoms in total. The summed E-state index contributed by atoms with van der Waals surface area (Å²) in [6, 6.07) is 4.22. The lowest BCUT2D eigenvalue weighted by Crippen LogP contribution is -3.14. The summed E-state index contributed by atoms with van der Waals surface area (Å²) in [5.74, 6) is -1.46. The number of aliphatic carboxylic acids is 1. The van der Waals surface area contributed by atoms with Gasteiger partial charge in [0.05, 0.1) is 25.3 Å². The molecule has 2 saturated heterocycles. The highest BCUT2D eigenvalue weighted by atomic mass is 19.4. The van der Waals surface area contributed by atoms with Crippen molar-refractivity contribution < 1.29 is 37.5 Å². The Labute approximate surface area is 173 Å². The van der Waals surface area contributed by atoms with Gasteiger partial charge in [0.15, 0.2) is 0 Å². The highest BCUT2D eigenvalue weighted by Crippen LogP contribution is 2.31. The minimum absolute atomic E-state index is 0.0189. The number of quaternary nitrogens is 1. The molecule has 2 heterocycles. The van der Waals surface area contributed by atoms with Crippen molar-refractivity contribution in [2.75, 3.05) is 45.9 Å². The third kappa shape index (κ3) is 5.95. The van der Waals surface area contributed by atoms with E-state index in [9.17, 15) is 27.9 Å². The van der Waals surface area contributed by atoms with Crippen LogP contribution in [0, 0.1) is 11.8 Å². The number of hydrogen-bond donors (Lipinski definition) is 1. The predicted octanol–water partition coefficient (Wildman–Crippen LogP) is 0.229. The third-order valence-electron chi connectivity index (χ3n) is 6.14. The van der Waals surface area contributed by atoms with Gasteiger partial charge in [0.1, 0.15) is 13.1 Å². The molecule has 2 atom stereocenters. The summed E-state index contributed by atoms with van der Waals surface area (Å²) >= 11 is 0. The molecule has 1 N–H and O–H groups in total. The fraction of sp³-hybridized carbons (Fsp3) is 0.619. The van der Waals surface area contributed by atoms with E-state index in [0.717, 1.165) is 38.2 Å². The van der Waals surface area contributed by atoms with Crippen LogP contribution in [0.2, 0.25) is 0 Å². The average molecular weight is 428 g/mol. The molecule has 2 aliphatic rings. The van der Waals surface area contributed by atoms with E-state index in [1.165, 1.54) is 17.0 Å². The van der Waals surface area contributed by atoms with Crippen LogP contribution in [0.5, 0.6) is 0 Å². The molecule has 1 aromatic rings. The van der Waals surface area contributed by atoms with Crippen molar-refractivity contribution in [3.05, 3.63) is 35.4 Å². The Balaban J connectivity index is 1.65. The second-order valence-corrected chi connectivity index (χ2v) is 8.11. The molecular weight excluding hydrogens is 401 g/mol. The monoisotopic (exact) mass is 428 g/mol. The Morgan fingerprint density at radius 1 is 1.13 bits per heavy atom. The van der Waals surface area contributed by atoms with Crippen molar-refractivity contribution in [3.63, 3.8) is 0 Å². The van der Waals surface area contributed by atoms with Crippen LogP contribution < -0.4 is 10.0 Å². The summed E-state index contributed by atoms with van der Waals surface area (Å²) in [6.07, 6.45) is -3.16. The predicted molar refractivity (Wildman–Crippen MR) is 99.6 cm³/mol. The molecule has 2 aliphatic heterocycles. The van der Waals surface area contributed by atoms with Crippen LogP contribution >= 0.6 is 0 Å². The minimum Gasteiger partial charge on any atom is -0.550 e. The highest BCUT2D eigenvalue weighted by Gasteiger charge is 2.34. The first-order chi connectivity index (χ1) is 14.2. The molecule has 0 radical (unpaired) electrons. The highest BCUT2D eigenvalue weighted by molar-refractivity contribution is 5.94. The molecule has 0 saturated carbocycles. The smallest absolute Gasteiger partial charge is 0.416 e. The Bertz CT molecular complexity index is 733. The van der Waals surface area contributed by atoms with E-state index in [-0.39, 0.29) is 29.7 Å². The first kappa shape index (κ1) is 22.6. The SMILES string of the molecule is O=C([O-])C[C@@H]1CCN(C(=O)c2ccc(C(F)(F)F)cc2)C[C@@H]1CC[NH+]1CCOCC1. The quantitative estimate of drug-likeness (QED) is 0.704. The van der Waals surface area contributed by atoms with Crippen LogP contribution in [0.1, 0.15) is 35.2 Å². The number of carbonyl (C=O) groups excluding carboxylic acids is 2. The molecule has 30 heavy (non-hydrogen) atoms. The van der Waals surface area contributed by atoms with E-state index in [1.807, 2.05) is 0 Å². The summed E-state index contributed by atoms with van der Waals surface area (Å²) < 4.78 is 43.6. The van der Waals surface area contributed by atoms with Gasteiger partial charge in [0.25, 0.3) is 5.91 Å². The number of benzene rings is 1. The van der Waals surface area contributed by atoms with Crippen molar-refractivity contribution in [1.82, 2.24) is 4.90 Å². The van der Waals surface area contributed by atoms with E-state index < -0.39 is 17.7 Å². The molecule has 0 spiro atoms. The van der Waals surface area contributed by atoms with E-state index in [4.69, 9.17) is 4.74 Å². The van der Waals surface area contributed by atoms with Gasteiger partial charge < -0.3 is 24.4 Å². The lowest BCUT2D eigenvalue weighted by atomic mass is 9.81. The van der Waals surface area contributed by atoms with Gasteiger partial charge in [0, 0.05) is 31.0 Å². The molecule has 0 aliphatic carbocycles. The van der Waals surface area contributed by atoms with Crippen LogP contribution in [-0.4, -0.2) is 62.7 Å². The molecule has 166 valence electrons. The lowest BCUT2D eigenvalue weighted by Gasteiger charge is -2.39. The fourth-order valence-corrected chi connectivity index (χ4v) is 4.36. The zero-order chi connectivity index (χ0) is 21.7. The number of carboxylic acids is 1. The molecule has 2 fully saturated rings. The van der Waals surface area contributed by atoms with E-state index in [0.29, 0.717) is 32.7 Å². The maximum absolute atomic E-state index is 12.8. The van der Waals surface area contributed by atoms with Crippen LogP contribution in [-0.2, 0) is 15.7 Å². The van der Waals surface area contributed by atoms with Gasteiger partial charge >= 0.3 is 6.18 Å². The molecule has 0 unspecified atom stereocenters. The molecule has 1 amide bonds. The maximum Gasteiger partial charge on any atom is 0.416 e. The topological polar surface area (TPSA) is 74.1 Å². The number of nitrogens with one attached hydrogen (secondary N) is 1. The summed E-state index contributed by atoms with van der Waals surface area (Å²) in [4.78, 5) is 27.0. The van der Waals surface area contributed by atoms with Gasteiger partial charge in [-0.2, -0.15) is 13.2 Å². The Morgan fingerprint density at radius 3 is 2.40 bits per heavy atom. The Kier molecular flexibility index (Phi) is 7.36. The number of ether oxygens (including phenoxy) is 1. The molecule has 3 rings (SSSR count). The second-order valence-electron chi connectivity index (χ2n) is 8.11. The number of nitrogens with zero attached hydrogens (tertiary/aromatic N) is 1. The van der Waals surface area contributed by atoms with Crippen LogP contribution in [0.15, 0.2) is 24.3 Å². The van der Waals surface area contributed by atoms with Gasteiger partial charge in [-0.25, -0.2) is 0 Å². The summed E-state index contributed by atoms with van der Waals surface area (Å²) in [6.45, 7) is 4.90. The van der Waals surface area contributed by atoms with Gasteiger partial charge in [-0.3, -0.25) is 4.79 Å². The van der Waals surface area contributed by atoms with Crippen molar-refractivity contribution in [3.8, 4) is 0 Å². The van der Waals surface area contributed by atoms with Crippen molar-refractivity contribution in [2.45, 2.75) is 25.4 Å². The van der Waals surface area contributed by atoms with Crippen LogP contribution in [0.25, 0.3) is 0 Å². The Morgan fingerprint density at radius 2 is 1.80 bits per heavy atom. The van der Waals surface area contributed by atoms with Crippen molar-refractivity contribution in [2.24, 2.45) is 11.8 Å². The number of halogens is 3. The first-order valence-electron chi connectivity index (χ1n) is 10.3. The lowest BCUT2D eigenvalue weighted by molar-refractivity contribution is -0.908. The Hall–Kier alpha value is -2.13. The van der Waals surface area contributed by atoms with Gasteiger partial charge in [-0.15, -0.1) is 0 Å². The fourth-order valence-electron chi connectivity index (χ4n) is 4.36. The molecule has 1 aromatic carbocycles. The van der Waals surface area contributed by atoms with E-state index >= 15 is 0 Å². The summed E-state index contributed by atoms with van der Waals surface area (Å²) in [7, 11) is 0. The number of morpholine rings is 1. The zero-order valence-corrected chi connectivity index (χ0v) is 16.7. The van der Waals surface area contributed by atoms with E-state index in [2.05, 4.69) is 0 Å². The van der Waals surface area contributed by atoms with Crippen LogP contribution in [0.3, 0.4) is 0 Å². The number of carboxylic acid groups (broad SMARTS) is 1. The molecule has 0 bridgehead atoms. The third-order valence-corrected chi connectivity index (χ3v) is 6.14. The largest absolute Gasteiger partial charge is 0.550 e. The molecule has 9 heteroatoms. The number of amides is 1. The normalized spacial score (nSPS) is 23.4. The number of carbonyl (C=O) groups is 2. The first-order valence-corrected chi connectivity index (χ1v) is 10.3. The number of likely N-dealkylation sites (tertiary alicyclic amines) is 1. The minimum atomic E-state index is -4.45. The van der Waals surface area contributed by atoms with Gasteiger partial charge in [0.2, 0.25) is 0 Å². The maximum atomic E-state index is 12.8. The van der Waals surface area contributed by atoms with Gasteiger partial charge in [-0.05, 0) is 48.9 Å². The average Bonchev–Trinajstić information content (AvgIpc) is 2.72. The number of hydrogen-bond acceptors (Lipinski definition) is 4. The zero-order valence-electron chi connectivity index (χ0n) is 16.7. The number of piperidine rings is 1. The second kappa shape index (κ2) is 9.78. The number of alkyl halides is 3. The number of rotatable bonds is 6. The standard InChI is InChI=1S/C21H27F3N2O4/c22-21(23,24)18-3-1-15(2-4-18)20(29)26-8-6-16(13-19(27)28)17(14-26)5-7-25-9-11-30-12-10-25/h1-4,16-17H,5-14H2,(H,27,28)/t16-,17-/m0/s1. The van der Waals surface area contributed by atoms with Crippen LogP contribution in [0.4, 0.5) is 13.2 Å². The summed E-state index contributed by atoms with van der Waals surface area (Å²) in [5, 5.41) is 11.2. The molecule has 0 aromatic heterocycles.